The number of carbonyl (C=O) groups is 2. The molecule has 7 nitrogen and oxygen atoms in total. The Balaban J connectivity index is 2.29. The molecule has 0 saturated carbocycles. The zero-order valence-electron chi connectivity index (χ0n) is 14.1. The number of nitrogens with zero attached hydrogens (tertiary/aromatic N) is 1. The number of amides is 1. The molecule has 7 heteroatoms. The van der Waals surface area contributed by atoms with Crippen molar-refractivity contribution in [3.63, 3.8) is 0 Å². The van der Waals surface area contributed by atoms with Crippen molar-refractivity contribution in [3.05, 3.63) is 69.3 Å². The van der Waals surface area contributed by atoms with Crippen LogP contribution in [0, 0.1) is 10.1 Å². The van der Waals surface area contributed by atoms with Gasteiger partial charge in [-0.1, -0.05) is 26.0 Å². The molecule has 0 spiro atoms. The average molecular weight is 342 g/mol. The number of hydrogen-bond donors (Lipinski definition) is 1. The number of rotatable bonds is 5. The van der Waals surface area contributed by atoms with Crippen molar-refractivity contribution < 1.29 is 19.2 Å². The standard InChI is InChI=1S/C18H18N2O5/c1-11(2)12-4-6-15(7-5-12)19-17(21)13-8-14(18(22)25-3)10-16(9-13)20(23)24/h4-11H,1-3H3,(H,19,21). The van der Waals surface area contributed by atoms with Gasteiger partial charge in [-0.15, -0.1) is 0 Å². The lowest BCUT2D eigenvalue weighted by Gasteiger charge is -2.09. The van der Waals surface area contributed by atoms with Crippen LogP contribution in [0.3, 0.4) is 0 Å². The summed E-state index contributed by atoms with van der Waals surface area (Å²) in [5.41, 5.74) is 1.27. The maximum atomic E-state index is 12.4. The van der Waals surface area contributed by atoms with Crippen LogP contribution in [0.2, 0.25) is 0 Å². The second-order valence-corrected chi connectivity index (χ2v) is 5.75. The van der Waals surface area contributed by atoms with Gasteiger partial charge in [-0.25, -0.2) is 4.79 Å². The molecule has 0 atom stereocenters. The minimum absolute atomic E-state index is 0.00235. The van der Waals surface area contributed by atoms with Gasteiger partial charge >= 0.3 is 5.97 Å². The Morgan fingerprint density at radius 3 is 2.20 bits per heavy atom. The zero-order chi connectivity index (χ0) is 18.6. The highest BCUT2D eigenvalue weighted by atomic mass is 16.6. The highest BCUT2D eigenvalue weighted by Gasteiger charge is 2.18. The summed E-state index contributed by atoms with van der Waals surface area (Å²) in [4.78, 5) is 34.4. The van der Waals surface area contributed by atoms with E-state index in [-0.39, 0.29) is 16.8 Å². The topological polar surface area (TPSA) is 98.5 Å². The van der Waals surface area contributed by atoms with Gasteiger partial charge in [0.05, 0.1) is 17.6 Å². The van der Waals surface area contributed by atoms with Crippen LogP contribution in [0.4, 0.5) is 11.4 Å². The largest absolute Gasteiger partial charge is 0.465 e. The van der Waals surface area contributed by atoms with Crippen LogP contribution in [-0.4, -0.2) is 23.9 Å². The number of nitrogens with one attached hydrogen (secondary N) is 1. The van der Waals surface area contributed by atoms with Crippen molar-refractivity contribution >= 4 is 23.3 Å². The van der Waals surface area contributed by atoms with Crippen LogP contribution in [-0.2, 0) is 4.74 Å². The predicted molar refractivity (Wildman–Crippen MR) is 92.9 cm³/mol. The van der Waals surface area contributed by atoms with E-state index >= 15 is 0 Å². The third kappa shape index (κ3) is 4.41. The van der Waals surface area contributed by atoms with E-state index in [1.165, 1.54) is 6.07 Å². The van der Waals surface area contributed by atoms with Gasteiger partial charge in [-0.05, 0) is 29.7 Å². The van der Waals surface area contributed by atoms with Crippen molar-refractivity contribution in [2.45, 2.75) is 19.8 Å². The molecule has 2 aromatic rings. The van der Waals surface area contributed by atoms with Gasteiger partial charge in [-0.2, -0.15) is 0 Å². The molecule has 0 bridgehead atoms. The summed E-state index contributed by atoms with van der Waals surface area (Å²) in [5.74, 6) is -0.936. The summed E-state index contributed by atoms with van der Waals surface area (Å²) in [7, 11) is 1.16. The van der Waals surface area contributed by atoms with Crippen LogP contribution < -0.4 is 5.32 Å². The molecular formula is C18H18N2O5. The van der Waals surface area contributed by atoms with E-state index in [4.69, 9.17) is 0 Å². The number of ether oxygens (including phenoxy) is 1. The Morgan fingerprint density at radius 1 is 1.08 bits per heavy atom. The molecule has 0 saturated heterocycles. The van der Waals surface area contributed by atoms with Gasteiger partial charge in [0.25, 0.3) is 11.6 Å². The third-order valence-corrected chi connectivity index (χ3v) is 3.65. The first-order valence-corrected chi connectivity index (χ1v) is 7.61. The molecule has 2 aromatic carbocycles. The predicted octanol–water partition coefficient (Wildman–Crippen LogP) is 3.76. The number of non-ortho nitro benzene ring substituents is 1. The molecule has 130 valence electrons. The summed E-state index contributed by atoms with van der Waals surface area (Å²) in [6.07, 6.45) is 0. The number of nitro benzene ring substituents is 1. The van der Waals surface area contributed by atoms with Gasteiger partial charge in [0.1, 0.15) is 0 Å². The van der Waals surface area contributed by atoms with Gasteiger partial charge in [-0.3, -0.25) is 14.9 Å². The Bertz CT molecular complexity index is 813. The molecule has 0 radical (unpaired) electrons. The van der Waals surface area contributed by atoms with E-state index in [0.717, 1.165) is 24.8 Å². The lowest BCUT2D eigenvalue weighted by atomic mass is 10.0. The molecule has 2 rings (SSSR count). The minimum Gasteiger partial charge on any atom is -0.465 e. The minimum atomic E-state index is -0.751. The molecule has 0 aliphatic rings. The number of hydrogen-bond acceptors (Lipinski definition) is 5. The van der Waals surface area contributed by atoms with Crippen LogP contribution in [0.1, 0.15) is 46.0 Å². The maximum Gasteiger partial charge on any atom is 0.338 e. The summed E-state index contributed by atoms with van der Waals surface area (Å²) >= 11 is 0. The molecule has 0 aromatic heterocycles. The second kappa shape index (κ2) is 7.57. The fourth-order valence-electron chi connectivity index (χ4n) is 2.24. The molecule has 0 heterocycles. The highest BCUT2D eigenvalue weighted by molar-refractivity contribution is 6.06. The highest BCUT2D eigenvalue weighted by Crippen LogP contribution is 2.21. The summed E-state index contributed by atoms with van der Waals surface area (Å²) in [5, 5.41) is 13.7. The molecule has 1 amide bonds. The third-order valence-electron chi connectivity index (χ3n) is 3.65. The molecule has 0 aliphatic carbocycles. The maximum absolute atomic E-state index is 12.4. The lowest BCUT2D eigenvalue weighted by Crippen LogP contribution is -2.14. The van der Waals surface area contributed by atoms with Gasteiger partial charge < -0.3 is 10.1 Å². The number of esters is 1. The Kier molecular flexibility index (Phi) is 5.49. The van der Waals surface area contributed by atoms with E-state index in [0.29, 0.717) is 11.6 Å². The van der Waals surface area contributed by atoms with E-state index in [1.807, 2.05) is 12.1 Å². The number of methoxy groups -OCH3 is 1. The first kappa shape index (κ1) is 18.1. The van der Waals surface area contributed by atoms with Gasteiger partial charge in [0, 0.05) is 23.4 Å². The first-order chi connectivity index (χ1) is 11.8. The SMILES string of the molecule is COC(=O)c1cc(C(=O)Nc2ccc(C(C)C)cc2)cc([N+](=O)[O-])c1. The van der Waals surface area contributed by atoms with Crippen LogP contribution in [0.5, 0.6) is 0 Å². The molecule has 0 aliphatic heterocycles. The molecule has 0 fully saturated rings. The number of anilines is 1. The Hall–Kier alpha value is -3.22. The fourth-order valence-corrected chi connectivity index (χ4v) is 2.24. The molecular weight excluding hydrogens is 324 g/mol. The normalized spacial score (nSPS) is 10.4. The first-order valence-electron chi connectivity index (χ1n) is 7.61. The van der Waals surface area contributed by atoms with Gasteiger partial charge in [0.15, 0.2) is 0 Å². The van der Waals surface area contributed by atoms with Gasteiger partial charge in [0.2, 0.25) is 0 Å². The smallest absolute Gasteiger partial charge is 0.338 e. The van der Waals surface area contributed by atoms with Crippen LogP contribution in [0.15, 0.2) is 42.5 Å². The van der Waals surface area contributed by atoms with Crippen molar-refractivity contribution in [2.75, 3.05) is 12.4 Å². The van der Waals surface area contributed by atoms with Crippen molar-refractivity contribution in [2.24, 2.45) is 0 Å². The molecule has 25 heavy (non-hydrogen) atoms. The quantitative estimate of drug-likeness (QED) is 0.507. The Morgan fingerprint density at radius 2 is 1.68 bits per heavy atom. The number of nitro groups is 1. The van der Waals surface area contributed by atoms with E-state index in [9.17, 15) is 19.7 Å². The Labute approximate surface area is 144 Å². The average Bonchev–Trinajstić information content (AvgIpc) is 2.60. The van der Waals surface area contributed by atoms with E-state index < -0.39 is 16.8 Å². The number of carbonyl (C=O) groups excluding carboxylic acids is 2. The number of benzene rings is 2. The summed E-state index contributed by atoms with van der Waals surface area (Å²) in [6.45, 7) is 4.12. The van der Waals surface area contributed by atoms with E-state index in [1.54, 1.807) is 12.1 Å². The molecule has 1 N–H and O–H groups in total. The van der Waals surface area contributed by atoms with Crippen molar-refractivity contribution in [3.8, 4) is 0 Å². The zero-order valence-corrected chi connectivity index (χ0v) is 14.1. The summed E-state index contributed by atoms with van der Waals surface area (Å²) in [6, 6.07) is 10.7. The van der Waals surface area contributed by atoms with E-state index in [2.05, 4.69) is 23.9 Å². The molecule has 0 unspecified atom stereocenters. The van der Waals surface area contributed by atoms with Crippen LogP contribution in [0.25, 0.3) is 0 Å². The summed E-state index contributed by atoms with van der Waals surface area (Å²) < 4.78 is 4.57. The van der Waals surface area contributed by atoms with Crippen molar-refractivity contribution in [1.29, 1.82) is 0 Å². The second-order valence-electron chi connectivity index (χ2n) is 5.75. The lowest BCUT2D eigenvalue weighted by molar-refractivity contribution is -0.384. The monoisotopic (exact) mass is 342 g/mol. The fraction of sp³-hybridized carbons (Fsp3) is 0.222. The van der Waals surface area contributed by atoms with Crippen LogP contribution >= 0.6 is 0 Å². The van der Waals surface area contributed by atoms with Crippen molar-refractivity contribution in [1.82, 2.24) is 0 Å².